The molecule has 1 aromatic rings. The number of aliphatic hydroxyl groups excluding tert-OH is 1. The summed E-state index contributed by atoms with van der Waals surface area (Å²) in [7, 11) is 0. The van der Waals surface area contributed by atoms with E-state index in [-0.39, 0.29) is 12.0 Å². The van der Waals surface area contributed by atoms with Crippen LogP contribution in [0, 0.1) is 18.3 Å². The molecule has 0 aliphatic rings. The number of aliphatic hydroxyl groups is 1. The van der Waals surface area contributed by atoms with Crippen LogP contribution in [0.4, 0.5) is 0 Å². The Hall–Kier alpha value is -0.870. The van der Waals surface area contributed by atoms with E-state index in [0.29, 0.717) is 12.5 Å². The Morgan fingerprint density at radius 1 is 1.50 bits per heavy atom. The molecule has 104 valence electrons. The van der Waals surface area contributed by atoms with Gasteiger partial charge in [0.25, 0.3) is 0 Å². The number of nitrogens with two attached hydrogens (primary N) is 1. The fourth-order valence-electron chi connectivity index (χ4n) is 2.68. The van der Waals surface area contributed by atoms with Crippen molar-refractivity contribution in [3.8, 4) is 0 Å². The maximum Gasteiger partial charge on any atom is 0.0596 e. The quantitative estimate of drug-likeness (QED) is 0.778. The van der Waals surface area contributed by atoms with Crippen molar-refractivity contribution in [2.24, 2.45) is 17.1 Å². The Morgan fingerprint density at radius 2 is 2.17 bits per heavy atom. The molecule has 0 amide bonds. The van der Waals surface area contributed by atoms with Crippen LogP contribution in [0.5, 0.6) is 0 Å². The summed E-state index contributed by atoms with van der Waals surface area (Å²) in [5, 5.41) is 14.2. The number of hydrogen-bond donors (Lipinski definition) is 2. The van der Waals surface area contributed by atoms with Crippen molar-refractivity contribution in [3.05, 3.63) is 17.5 Å². The summed E-state index contributed by atoms with van der Waals surface area (Å²) < 4.78 is 2.01. The molecule has 3 N–H and O–H groups in total. The Kier molecular flexibility index (Phi) is 5.35. The van der Waals surface area contributed by atoms with Crippen molar-refractivity contribution in [3.63, 3.8) is 0 Å². The van der Waals surface area contributed by atoms with Gasteiger partial charge in [0, 0.05) is 24.2 Å². The number of aromatic nitrogens is 2. The second-order valence-corrected chi connectivity index (χ2v) is 5.73. The molecule has 1 aromatic heterocycles. The van der Waals surface area contributed by atoms with Gasteiger partial charge in [0.2, 0.25) is 0 Å². The maximum atomic E-state index is 9.75. The summed E-state index contributed by atoms with van der Waals surface area (Å²) in [5.74, 6) is 0.528. The predicted octanol–water partition coefficient (Wildman–Crippen LogP) is 1.74. The molecule has 1 heterocycles. The molecule has 0 aliphatic carbocycles. The van der Waals surface area contributed by atoms with Crippen LogP contribution in [-0.2, 0) is 13.0 Å². The maximum absolute atomic E-state index is 9.75. The first-order valence-electron chi connectivity index (χ1n) is 6.80. The lowest BCUT2D eigenvalue weighted by Crippen LogP contribution is -2.38. The molecular weight excluding hydrogens is 226 g/mol. The molecular formula is C14H27N3O. The lowest BCUT2D eigenvalue weighted by atomic mass is 9.77. The molecule has 4 nitrogen and oxygen atoms in total. The van der Waals surface area contributed by atoms with Crippen LogP contribution in [0.2, 0.25) is 0 Å². The third-order valence-corrected chi connectivity index (χ3v) is 3.45. The van der Waals surface area contributed by atoms with E-state index in [1.54, 1.807) is 0 Å². The van der Waals surface area contributed by atoms with Gasteiger partial charge in [0.15, 0.2) is 0 Å². The molecule has 0 saturated carbocycles. The number of aryl methyl sites for hydroxylation is 2. The topological polar surface area (TPSA) is 64.1 Å². The largest absolute Gasteiger partial charge is 0.396 e. The molecule has 0 fully saturated rings. The number of nitrogens with zero attached hydrogens (tertiary/aromatic N) is 2. The fourth-order valence-corrected chi connectivity index (χ4v) is 2.68. The molecule has 0 aromatic carbocycles. The van der Waals surface area contributed by atoms with Gasteiger partial charge in [-0.3, -0.25) is 4.68 Å². The summed E-state index contributed by atoms with van der Waals surface area (Å²) in [4.78, 5) is 0. The summed E-state index contributed by atoms with van der Waals surface area (Å²) in [6, 6.07) is 2.10. The molecule has 0 aliphatic heterocycles. The van der Waals surface area contributed by atoms with E-state index in [1.165, 1.54) is 5.69 Å². The van der Waals surface area contributed by atoms with Crippen molar-refractivity contribution in [1.82, 2.24) is 9.78 Å². The van der Waals surface area contributed by atoms with Crippen molar-refractivity contribution < 1.29 is 5.11 Å². The normalized spacial score (nSPS) is 15.1. The highest BCUT2D eigenvalue weighted by Crippen LogP contribution is 2.29. The minimum absolute atomic E-state index is 0.135. The summed E-state index contributed by atoms with van der Waals surface area (Å²) in [6.45, 7) is 9.93. The zero-order valence-corrected chi connectivity index (χ0v) is 12.1. The van der Waals surface area contributed by atoms with Crippen molar-refractivity contribution >= 4 is 0 Å². The van der Waals surface area contributed by atoms with Crippen LogP contribution < -0.4 is 5.73 Å². The average Bonchev–Trinajstić information content (AvgIpc) is 2.67. The summed E-state index contributed by atoms with van der Waals surface area (Å²) >= 11 is 0. The molecule has 1 rings (SSSR count). The molecule has 0 spiro atoms. The van der Waals surface area contributed by atoms with Gasteiger partial charge in [-0.25, -0.2) is 0 Å². The van der Waals surface area contributed by atoms with E-state index < -0.39 is 0 Å². The lowest BCUT2D eigenvalue weighted by molar-refractivity contribution is 0.105. The molecule has 1 atom stereocenters. The van der Waals surface area contributed by atoms with Crippen molar-refractivity contribution in [1.29, 1.82) is 0 Å². The van der Waals surface area contributed by atoms with Crippen molar-refractivity contribution in [2.75, 3.05) is 13.2 Å². The lowest BCUT2D eigenvalue weighted by Gasteiger charge is -2.32. The SMILES string of the molecule is CCn1nc(C)cc1CC(CN)(CO)CC(C)C. The highest BCUT2D eigenvalue weighted by atomic mass is 16.3. The van der Waals surface area contributed by atoms with Crippen LogP contribution in [-0.4, -0.2) is 28.0 Å². The Morgan fingerprint density at radius 3 is 2.61 bits per heavy atom. The van der Waals surface area contributed by atoms with Crippen LogP contribution in [0.3, 0.4) is 0 Å². The second kappa shape index (κ2) is 6.34. The first-order valence-corrected chi connectivity index (χ1v) is 6.80. The highest BCUT2D eigenvalue weighted by molar-refractivity contribution is 5.11. The van der Waals surface area contributed by atoms with E-state index in [4.69, 9.17) is 5.73 Å². The van der Waals surface area contributed by atoms with Gasteiger partial charge in [0.05, 0.1) is 12.3 Å². The van der Waals surface area contributed by atoms with E-state index >= 15 is 0 Å². The number of rotatable bonds is 7. The van der Waals surface area contributed by atoms with Crippen LogP contribution in [0.15, 0.2) is 6.07 Å². The Labute approximate surface area is 110 Å². The predicted molar refractivity (Wildman–Crippen MR) is 74.4 cm³/mol. The molecule has 0 radical (unpaired) electrons. The zero-order chi connectivity index (χ0) is 13.8. The number of hydrogen-bond acceptors (Lipinski definition) is 3. The Bertz CT molecular complexity index is 367. The first-order chi connectivity index (χ1) is 8.46. The van der Waals surface area contributed by atoms with Gasteiger partial charge in [-0.1, -0.05) is 13.8 Å². The highest BCUT2D eigenvalue weighted by Gasteiger charge is 2.30. The van der Waals surface area contributed by atoms with E-state index in [2.05, 4.69) is 31.9 Å². The van der Waals surface area contributed by atoms with Gasteiger partial charge in [-0.2, -0.15) is 5.10 Å². The minimum atomic E-state index is -0.215. The third-order valence-electron chi connectivity index (χ3n) is 3.45. The molecule has 0 saturated heterocycles. The standard InChI is InChI=1S/C14H27N3O/c1-5-17-13(6-12(4)16-17)8-14(9-15,10-18)7-11(2)3/h6,11,18H,5,7-10,15H2,1-4H3. The second-order valence-electron chi connectivity index (χ2n) is 5.73. The molecule has 1 unspecified atom stereocenters. The Balaban J connectivity index is 2.94. The van der Waals surface area contributed by atoms with E-state index in [0.717, 1.165) is 25.1 Å². The molecule has 4 heteroatoms. The van der Waals surface area contributed by atoms with Gasteiger partial charge in [0.1, 0.15) is 0 Å². The van der Waals surface area contributed by atoms with Gasteiger partial charge in [-0.15, -0.1) is 0 Å². The van der Waals surface area contributed by atoms with E-state index in [1.807, 2.05) is 11.6 Å². The van der Waals surface area contributed by atoms with Gasteiger partial charge < -0.3 is 10.8 Å². The van der Waals surface area contributed by atoms with Gasteiger partial charge >= 0.3 is 0 Å². The molecule has 18 heavy (non-hydrogen) atoms. The van der Waals surface area contributed by atoms with Crippen LogP contribution >= 0.6 is 0 Å². The zero-order valence-electron chi connectivity index (χ0n) is 12.1. The molecule has 0 bridgehead atoms. The monoisotopic (exact) mass is 253 g/mol. The van der Waals surface area contributed by atoms with Crippen LogP contribution in [0.1, 0.15) is 38.6 Å². The fraction of sp³-hybridized carbons (Fsp3) is 0.786. The smallest absolute Gasteiger partial charge is 0.0596 e. The van der Waals surface area contributed by atoms with E-state index in [9.17, 15) is 5.11 Å². The summed E-state index contributed by atoms with van der Waals surface area (Å²) in [6.07, 6.45) is 1.74. The van der Waals surface area contributed by atoms with Gasteiger partial charge in [-0.05, 0) is 38.7 Å². The summed E-state index contributed by atoms with van der Waals surface area (Å²) in [5.41, 5.74) is 7.91. The van der Waals surface area contributed by atoms with Crippen molar-refractivity contribution in [2.45, 2.75) is 47.1 Å². The third kappa shape index (κ3) is 3.56. The van der Waals surface area contributed by atoms with Crippen LogP contribution in [0.25, 0.3) is 0 Å². The minimum Gasteiger partial charge on any atom is -0.396 e. The first kappa shape index (κ1) is 15.2. The average molecular weight is 253 g/mol.